The Balaban J connectivity index is 3.33. The Morgan fingerprint density at radius 1 is 0.307 bits per heavy atom. The molecule has 0 aliphatic carbocycles. The lowest BCUT2D eigenvalue weighted by Crippen LogP contribution is -2.45. The zero-order valence-electron chi connectivity index (χ0n) is 59.7. The molecule has 0 aliphatic heterocycles. The van der Waals surface area contributed by atoms with Gasteiger partial charge >= 0.3 is 5.97 Å². The molecule has 0 spiro atoms. The van der Waals surface area contributed by atoms with Crippen molar-refractivity contribution in [2.75, 3.05) is 13.2 Å². The molecule has 0 aliphatic rings. The third kappa shape index (κ3) is 73.1. The predicted octanol–water partition coefficient (Wildman–Crippen LogP) is 26.6. The Bertz CT molecular complexity index is 1430. The van der Waals surface area contributed by atoms with E-state index in [4.69, 9.17) is 4.74 Å². The van der Waals surface area contributed by atoms with Gasteiger partial charge in [0.1, 0.15) is 0 Å². The van der Waals surface area contributed by atoms with Gasteiger partial charge in [-0.3, -0.25) is 9.59 Å². The number of rotatable bonds is 76. The number of hydrogen-bond donors (Lipinski definition) is 3. The number of unbranched alkanes of at least 4 members (excludes halogenated alkanes) is 61. The van der Waals surface area contributed by atoms with Gasteiger partial charge in [-0.25, -0.2) is 0 Å². The lowest BCUT2D eigenvalue weighted by molar-refractivity contribution is -0.143. The second kappa shape index (κ2) is 77.5. The number of carbonyl (C=O) groups excluding carboxylic acids is 2. The molecule has 520 valence electrons. The molecular weight excluding hydrogens is 1080 g/mol. The summed E-state index contributed by atoms with van der Waals surface area (Å²) in [5, 5.41) is 23.2. The number of aliphatic hydroxyl groups is 2. The average Bonchev–Trinajstić information content (AvgIpc) is 3.59. The summed E-state index contributed by atoms with van der Waals surface area (Å²) >= 11 is 0. The number of aliphatic hydroxyl groups excluding tert-OH is 2. The van der Waals surface area contributed by atoms with Crippen LogP contribution in [0, 0.1) is 0 Å². The molecule has 0 aromatic rings. The van der Waals surface area contributed by atoms with E-state index in [-0.39, 0.29) is 18.5 Å². The van der Waals surface area contributed by atoms with Gasteiger partial charge < -0.3 is 20.3 Å². The van der Waals surface area contributed by atoms with E-state index in [1.165, 1.54) is 385 Å². The first-order chi connectivity index (χ1) is 43.5. The molecule has 6 nitrogen and oxygen atoms in total. The fourth-order valence-corrected chi connectivity index (χ4v) is 12.7. The fourth-order valence-electron chi connectivity index (χ4n) is 12.7. The topological polar surface area (TPSA) is 95.9 Å². The number of allylic oxidation sites excluding steroid dienone is 5. The normalized spacial score (nSPS) is 12.6. The Morgan fingerprint density at radius 3 is 0.807 bits per heavy atom. The highest BCUT2D eigenvalue weighted by Gasteiger charge is 2.18. The first-order valence-corrected chi connectivity index (χ1v) is 40.3. The molecule has 3 N–H and O–H groups in total. The van der Waals surface area contributed by atoms with E-state index in [1.54, 1.807) is 6.08 Å². The van der Waals surface area contributed by atoms with Crippen LogP contribution in [0.2, 0.25) is 0 Å². The van der Waals surface area contributed by atoms with Crippen molar-refractivity contribution in [3.05, 3.63) is 36.5 Å². The van der Waals surface area contributed by atoms with E-state index in [0.717, 1.165) is 38.5 Å². The Hall–Kier alpha value is -1.92. The number of amides is 1. The van der Waals surface area contributed by atoms with E-state index < -0.39 is 12.1 Å². The quantitative estimate of drug-likeness (QED) is 0.0320. The van der Waals surface area contributed by atoms with Gasteiger partial charge in [0.05, 0.1) is 25.4 Å². The molecule has 0 saturated carbocycles. The van der Waals surface area contributed by atoms with Gasteiger partial charge in [-0.15, -0.1) is 0 Å². The largest absolute Gasteiger partial charge is 0.466 e. The molecule has 6 heteroatoms. The van der Waals surface area contributed by atoms with Crippen molar-refractivity contribution < 1.29 is 24.5 Å². The lowest BCUT2D eigenvalue weighted by Gasteiger charge is -2.20. The highest BCUT2D eigenvalue weighted by molar-refractivity contribution is 5.76. The van der Waals surface area contributed by atoms with Gasteiger partial charge in [0, 0.05) is 12.8 Å². The number of nitrogens with one attached hydrogen (secondary N) is 1. The minimum Gasteiger partial charge on any atom is -0.466 e. The van der Waals surface area contributed by atoms with Crippen LogP contribution in [-0.4, -0.2) is 47.4 Å². The molecule has 88 heavy (non-hydrogen) atoms. The first-order valence-electron chi connectivity index (χ1n) is 40.3. The van der Waals surface area contributed by atoms with Gasteiger partial charge in [0.2, 0.25) is 5.91 Å². The second-order valence-corrected chi connectivity index (χ2v) is 27.7. The molecule has 0 bridgehead atoms. The zero-order valence-corrected chi connectivity index (χ0v) is 59.7. The van der Waals surface area contributed by atoms with Crippen molar-refractivity contribution in [3.8, 4) is 0 Å². The van der Waals surface area contributed by atoms with Crippen LogP contribution in [-0.2, 0) is 14.3 Å². The van der Waals surface area contributed by atoms with Crippen molar-refractivity contribution in [2.24, 2.45) is 0 Å². The summed E-state index contributed by atoms with van der Waals surface area (Å²) in [4.78, 5) is 24.6. The molecule has 0 rings (SSSR count). The molecule has 0 aromatic heterocycles. The van der Waals surface area contributed by atoms with Crippen LogP contribution >= 0.6 is 0 Å². The first kappa shape index (κ1) is 86.1. The van der Waals surface area contributed by atoms with Gasteiger partial charge in [0.15, 0.2) is 0 Å². The number of ether oxygens (including phenoxy) is 1. The molecule has 0 aromatic carbocycles. The predicted molar refractivity (Wildman–Crippen MR) is 389 cm³/mol. The summed E-state index contributed by atoms with van der Waals surface area (Å²) in [7, 11) is 0. The van der Waals surface area contributed by atoms with E-state index in [9.17, 15) is 19.8 Å². The van der Waals surface area contributed by atoms with E-state index in [2.05, 4.69) is 43.5 Å². The summed E-state index contributed by atoms with van der Waals surface area (Å²) in [6, 6.07) is -0.625. The van der Waals surface area contributed by atoms with Crippen LogP contribution in [0.5, 0.6) is 0 Å². The lowest BCUT2D eigenvalue weighted by atomic mass is 10.0. The van der Waals surface area contributed by atoms with Crippen LogP contribution in [0.15, 0.2) is 36.5 Å². The zero-order chi connectivity index (χ0) is 63.5. The minimum absolute atomic E-state index is 0.0191. The van der Waals surface area contributed by atoms with E-state index in [0.29, 0.717) is 19.4 Å². The van der Waals surface area contributed by atoms with Gasteiger partial charge in [-0.05, 0) is 83.5 Å². The fraction of sp³-hybridized carbons (Fsp3) is 0.902. The summed E-state index contributed by atoms with van der Waals surface area (Å²) in [5.41, 5.74) is 0. The Kier molecular flexibility index (Phi) is 75.8. The SMILES string of the molecule is CCCCCCCCC/C=C\CCCCCCCCCC(=O)OCCCCCCCCCCCCCCCCCC/C=C\CCCCCCCCCCCCCCCCCCCC(=O)NC(CO)C(O)/C=C/CCCCCCCCCCCCCCCC. The van der Waals surface area contributed by atoms with Gasteiger partial charge in [-0.2, -0.15) is 0 Å². The summed E-state index contributed by atoms with van der Waals surface area (Å²) in [6.45, 7) is 4.94. The van der Waals surface area contributed by atoms with Crippen molar-refractivity contribution in [2.45, 2.75) is 463 Å². The summed E-state index contributed by atoms with van der Waals surface area (Å²) < 4.78 is 5.51. The maximum atomic E-state index is 12.5. The van der Waals surface area contributed by atoms with Crippen LogP contribution < -0.4 is 5.32 Å². The molecule has 0 radical (unpaired) electrons. The maximum absolute atomic E-state index is 12.5. The van der Waals surface area contributed by atoms with Gasteiger partial charge in [0.25, 0.3) is 0 Å². The van der Waals surface area contributed by atoms with Crippen LogP contribution in [0.4, 0.5) is 0 Å². The van der Waals surface area contributed by atoms with Crippen molar-refractivity contribution in [3.63, 3.8) is 0 Å². The van der Waals surface area contributed by atoms with Crippen LogP contribution in [0.3, 0.4) is 0 Å². The third-order valence-corrected chi connectivity index (χ3v) is 18.9. The standard InChI is InChI=1S/C82H157NO5/c1-3-5-7-9-11-13-15-17-19-21-44-48-52-56-60-64-68-72-76-82(87)88-77-73-69-65-61-57-53-49-45-42-40-38-36-34-32-30-28-26-24-22-23-25-27-29-31-33-35-37-39-41-43-47-51-55-59-63-67-71-75-81(86)83-79(78-84)80(85)74-70-66-62-58-54-50-46-20-18-16-14-12-10-8-6-4-2/h19,21-22,24,70,74,79-80,84-85H,3-18,20,23,25-69,71-73,75-78H2,1-2H3,(H,83,86)/b21-19-,24-22-,74-70+. The second-order valence-electron chi connectivity index (χ2n) is 27.7. The number of carbonyl (C=O) groups is 2. The summed E-state index contributed by atoms with van der Waals surface area (Å²) in [6.07, 6.45) is 101. The number of hydrogen-bond acceptors (Lipinski definition) is 5. The highest BCUT2D eigenvalue weighted by atomic mass is 16.5. The van der Waals surface area contributed by atoms with Crippen molar-refractivity contribution >= 4 is 11.9 Å². The van der Waals surface area contributed by atoms with Crippen LogP contribution in [0.25, 0.3) is 0 Å². The van der Waals surface area contributed by atoms with Crippen molar-refractivity contribution in [1.82, 2.24) is 5.32 Å². The molecule has 0 heterocycles. The highest BCUT2D eigenvalue weighted by Crippen LogP contribution is 2.20. The smallest absolute Gasteiger partial charge is 0.305 e. The maximum Gasteiger partial charge on any atom is 0.305 e. The van der Waals surface area contributed by atoms with Crippen LogP contribution in [0.1, 0.15) is 450 Å². The number of esters is 1. The minimum atomic E-state index is -0.842. The van der Waals surface area contributed by atoms with Crippen molar-refractivity contribution in [1.29, 1.82) is 0 Å². The Morgan fingerprint density at radius 2 is 0.534 bits per heavy atom. The molecule has 0 saturated heterocycles. The van der Waals surface area contributed by atoms with Gasteiger partial charge in [-0.1, -0.05) is 391 Å². The molecule has 2 atom stereocenters. The average molecular weight is 1240 g/mol. The third-order valence-electron chi connectivity index (χ3n) is 18.9. The summed E-state index contributed by atoms with van der Waals surface area (Å²) in [5.74, 6) is -0.0417. The molecule has 0 fully saturated rings. The molecule has 1 amide bonds. The Labute approximate surface area is 551 Å². The monoisotopic (exact) mass is 1240 g/mol. The molecular formula is C82H157NO5. The van der Waals surface area contributed by atoms with E-state index in [1.807, 2.05) is 6.08 Å². The van der Waals surface area contributed by atoms with E-state index >= 15 is 0 Å². The molecule has 2 unspecified atom stereocenters.